The van der Waals surface area contributed by atoms with Gasteiger partial charge in [0.1, 0.15) is 0 Å². The van der Waals surface area contributed by atoms with Crippen molar-refractivity contribution < 1.29 is 20.8 Å². The monoisotopic (exact) mass is 771 g/mol. The molecule has 1 aromatic heterocycles. The molecule has 0 atom stereocenters. The molecular weight excluding hydrogens is 697 g/mol. The Morgan fingerprint density at radius 1 is 0.364 bits per heavy atom. The molecule has 14 heteroatoms. The second-order valence-electron chi connectivity index (χ2n) is 22.8. The largest absolute Gasteiger partial charge is 0.341 e. The number of hydroxylamine groups is 8. The lowest BCUT2D eigenvalue weighted by molar-refractivity contribution is -0.294. The Morgan fingerprint density at radius 3 is 0.764 bits per heavy atom. The minimum atomic E-state index is -0.659. The molecule has 55 heavy (non-hydrogen) atoms. The Kier molecular flexibility index (Phi) is 11.1. The Morgan fingerprint density at radius 2 is 0.545 bits per heavy atom. The summed E-state index contributed by atoms with van der Waals surface area (Å²) in [5.74, 6) is 1.57. The van der Waals surface area contributed by atoms with Gasteiger partial charge in [-0.25, -0.2) is 0 Å². The predicted octanol–water partition coefficient (Wildman–Crippen LogP) is 7.02. The lowest BCUT2D eigenvalue weighted by Gasteiger charge is -2.57. The van der Waals surface area contributed by atoms with Gasteiger partial charge >= 0.3 is 0 Å². The van der Waals surface area contributed by atoms with Crippen molar-refractivity contribution >= 4 is 17.8 Å². The quantitative estimate of drug-likeness (QED) is 0.284. The van der Waals surface area contributed by atoms with Crippen LogP contribution in [0.2, 0.25) is 0 Å². The van der Waals surface area contributed by atoms with Gasteiger partial charge in [-0.05, 0) is 162 Å². The maximum absolute atomic E-state index is 13.7. The van der Waals surface area contributed by atoms with Crippen LogP contribution in [-0.4, -0.2) is 118 Å². The highest BCUT2D eigenvalue weighted by molar-refractivity contribution is 5.49. The molecule has 14 nitrogen and oxygen atoms in total. The number of piperidine rings is 4. The van der Waals surface area contributed by atoms with Gasteiger partial charge in [-0.3, -0.25) is 0 Å². The van der Waals surface area contributed by atoms with Crippen LogP contribution in [0, 0.1) is 0 Å². The summed E-state index contributed by atoms with van der Waals surface area (Å²) in [5.41, 5.74) is -5.03. The number of rotatable bonds is 7. The van der Waals surface area contributed by atoms with E-state index in [1.807, 2.05) is 125 Å². The van der Waals surface area contributed by atoms with E-state index < -0.39 is 44.3 Å². The van der Waals surface area contributed by atoms with Crippen molar-refractivity contribution in [1.29, 1.82) is 0 Å². The average molecular weight is 771 g/mol. The molecule has 5 heterocycles. The van der Waals surface area contributed by atoms with Gasteiger partial charge in [0.2, 0.25) is 17.8 Å². The zero-order valence-corrected chi connectivity index (χ0v) is 37.6. The SMILES string of the molecule is CN(c1nc(N(C)C2CC(C)(C)N([O])C(C)(C)C2)nc(N(C2CC(C)(C)N([O])C(C)(C)C2)C2CC(C)(C)N([O])C(C)(C)C2)n1)C1CC(C)(C)N([O])C(C)(C)C1. The fourth-order valence-corrected chi connectivity index (χ4v) is 11.5. The summed E-state index contributed by atoms with van der Waals surface area (Å²) in [6.45, 7) is 32.2. The summed E-state index contributed by atoms with van der Waals surface area (Å²) < 4.78 is 0. The predicted molar refractivity (Wildman–Crippen MR) is 214 cm³/mol. The molecule has 312 valence electrons. The van der Waals surface area contributed by atoms with E-state index in [4.69, 9.17) is 15.0 Å². The summed E-state index contributed by atoms with van der Waals surface area (Å²) in [5, 5.41) is 59.3. The molecule has 0 aliphatic carbocycles. The summed E-state index contributed by atoms with van der Waals surface area (Å²) in [6.07, 6.45) is 4.89. The van der Waals surface area contributed by atoms with Crippen LogP contribution in [0.1, 0.15) is 162 Å². The lowest BCUT2D eigenvalue weighted by Crippen LogP contribution is -2.67. The third kappa shape index (κ3) is 8.22. The van der Waals surface area contributed by atoms with Crippen molar-refractivity contribution in [2.24, 2.45) is 0 Å². The van der Waals surface area contributed by atoms with Gasteiger partial charge < -0.3 is 14.7 Å². The van der Waals surface area contributed by atoms with Gasteiger partial charge in [-0.15, -0.1) is 41.1 Å². The summed E-state index contributed by atoms with van der Waals surface area (Å²) in [4.78, 5) is 22.6. The number of hydrogen-bond acceptors (Lipinski definition) is 10. The van der Waals surface area contributed by atoms with Crippen LogP contribution in [0.15, 0.2) is 0 Å². The van der Waals surface area contributed by atoms with Crippen LogP contribution < -0.4 is 14.7 Å². The molecule has 0 bridgehead atoms. The highest BCUT2D eigenvalue weighted by atomic mass is 16.5. The van der Waals surface area contributed by atoms with Crippen molar-refractivity contribution in [1.82, 2.24) is 35.2 Å². The minimum Gasteiger partial charge on any atom is -0.341 e. The maximum atomic E-state index is 13.7. The second-order valence-corrected chi connectivity index (χ2v) is 22.8. The third-order valence-electron chi connectivity index (χ3n) is 13.6. The van der Waals surface area contributed by atoms with E-state index in [1.54, 1.807) is 0 Å². The average Bonchev–Trinajstić information content (AvgIpc) is 3.02. The highest BCUT2D eigenvalue weighted by Gasteiger charge is 2.54. The van der Waals surface area contributed by atoms with E-state index in [1.165, 1.54) is 20.3 Å². The molecule has 0 saturated carbocycles. The lowest BCUT2D eigenvalue weighted by atomic mass is 9.75. The molecule has 0 amide bonds. The minimum absolute atomic E-state index is 0.0261. The third-order valence-corrected chi connectivity index (χ3v) is 13.6. The van der Waals surface area contributed by atoms with Gasteiger partial charge in [-0.2, -0.15) is 15.0 Å². The van der Waals surface area contributed by atoms with E-state index in [2.05, 4.69) is 14.7 Å². The van der Waals surface area contributed by atoms with Crippen molar-refractivity contribution in [3.05, 3.63) is 0 Å². The number of hydrogen-bond donors (Lipinski definition) is 0. The standard InChI is InChI=1S/C41H74N10O4/c1-34(2)19-27(20-35(3,4)48(34)52)45(17)31-42-32(46(18)28-21-36(5,6)49(53)37(7,8)22-28)44-33(43-31)47(29-23-38(9,10)50(54)39(11,12)24-29)30-25-40(13,14)51(55)41(15,16)26-30/h27-30H,19-26H2,1-18H3. The van der Waals surface area contributed by atoms with Gasteiger partial charge in [0.25, 0.3) is 0 Å². The van der Waals surface area contributed by atoms with Crippen molar-refractivity contribution in [3.63, 3.8) is 0 Å². The fraction of sp³-hybridized carbons (Fsp3) is 0.927. The van der Waals surface area contributed by atoms with Crippen LogP contribution in [-0.2, 0) is 20.8 Å². The Hall–Kier alpha value is -1.91. The summed E-state index contributed by atoms with van der Waals surface area (Å²) in [7, 11) is 4.05. The van der Waals surface area contributed by atoms with Crippen LogP contribution in [0.3, 0.4) is 0 Å². The molecule has 0 N–H and O–H groups in total. The van der Waals surface area contributed by atoms with Crippen molar-refractivity contribution in [3.8, 4) is 0 Å². The van der Waals surface area contributed by atoms with Crippen LogP contribution in [0.4, 0.5) is 17.8 Å². The van der Waals surface area contributed by atoms with Gasteiger partial charge in [-0.1, -0.05) is 0 Å². The smallest absolute Gasteiger partial charge is 0.232 e. The first-order valence-electron chi connectivity index (χ1n) is 20.6. The number of anilines is 3. The Bertz CT molecular complexity index is 1380. The first-order valence-corrected chi connectivity index (χ1v) is 20.6. The van der Waals surface area contributed by atoms with Gasteiger partial charge in [0, 0.05) is 82.6 Å². The normalized spacial score (nSPS) is 28.9. The van der Waals surface area contributed by atoms with E-state index in [9.17, 15) is 20.8 Å². The van der Waals surface area contributed by atoms with E-state index >= 15 is 0 Å². The van der Waals surface area contributed by atoms with Crippen molar-refractivity contribution in [2.75, 3.05) is 28.8 Å². The summed E-state index contributed by atoms with van der Waals surface area (Å²) >= 11 is 0. The first-order chi connectivity index (χ1) is 24.7. The Balaban J connectivity index is 1.71. The first kappa shape index (κ1) is 44.2. The van der Waals surface area contributed by atoms with Crippen molar-refractivity contribution in [2.45, 2.75) is 231 Å². The van der Waals surface area contributed by atoms with Gasteiger partial charge in [0.15, 0.2) is 0 Å². The highest BCUT2D eigenvalue weighted by Crippen LogP contribution is 2.47. The molecule has 4 aliphatic rings. The molecule has 4 aliphatic heterocycles. The molecular formula is C41H74N10O4. The molecule has 5 rings (SSSR count). The molecule has 4 saturated heterocycles. The van der Waals surface area contributed by atoms with Gasteiger partial charge in [0.05, 0.1) is 0 Å². The van der Waals surface area contributed by atoms with Crippen LogP contribution >= 0.6 is 0 Å². The maximum Gasteiger partial charge on any atom is 0.232 e. The van der Waals surface area contributed by atoms with E-state index in [-0.39, 0.29) is 24.2 Å². The van der Waals surface area contributed by atoms with E-state index in [0.717, 1.165) is 0 Å². The zero-order valence-electron chi connectivity index (χ0n) is 37.6. The summed E-state index contributed by atoms with van der Waals surface area (Å²) in [6, 6.07) is -0.262. The fourth-order valence-electron chi connectivity index (χ4n) is 11.5. The number of aromatic nitrogens is 3. The Labute approximate surface area is 332 Å². The molecule has 4 radical (unpaired) electrons. The number of nitrogens with zero attached hydrogens (tertiary/aromatic N) is 10. The molecule has 0 aromatic carbocycles. The molecule has 0 spiro atoms. The second kappa shape index (κ2) is 13.8. The van der Waals surface area contributed by atoms with E-state index in [0.29, 0.717) is 69.2 Å². The van der Waals surface area contributed by atoms with Crippen LogP contribution in [0.25, 0.3) is 0 Å². The van der Waals surface area contributed by atoms with Crippen LogP contribution in [0.5, 0.6) is 0 Å². The molecule has 1 aromatic rings. The zero-order chi connectivity index (χ0) is 41.9. The topological polar surface area (TPSA) is 141 Å². The molecule has 0 unspecified atom stereocenters. The molecule has 4 fully saturated rings.